The highest BCUT2D eigenvalue weighted by Gasteiger charge is 2.22. The summed E-state index contributed by atoms with van der Waals surface area (Å²) in [6, 6.07) is 7.66. The number of hydrogen-bond acceptors (Lipinski definition) is 2. The van der Waals surface area contributed by atoms with Gasteiger partial charge in [-0.3, -0.25) is 4.79 Å². The summed E-state index contributed by atoms with van der Waals surface area (Å²) in [5.74, 6) is 0.952. The molecule has 1 aliphatic heterocycles. The Morgan fingerprint density at radius 2 is 2.18 bits per heavy atom. The molecule has 0 saturated carbocycles. The van der Waals surface area contributed by atoms with E-state index < -0.39 is 0 Å². The van der Waals surface area contributed by atoms with Crippen molar-refractivity contribution in [3.63, 3.8) is 0 Å². The van der Waals surface area contributed by atoms with E-state index >= 15 is 0 Å². The minimum atomic E-state index is 0.186. The highest BCUT2D eigenvalue weighted by atomic mass is 16.5. The summed E-state index contributed by atoms with van der Waals surface area (Å²) in [6.07, 6.45) is 3.84. The molecule has 1 aromatic carbocycles. The van der Waals surface area contributed by atoms with Crippen molar-refractivity contribution in [2.24, 2.45) is 0 Å². The predicted molar refractivity (Wildman–Crippen MR) is 67.9 cm³/mol. The summed E-state index contributed by atoms with van der Waals surface area (Å²) in [5, 5.41) is 0. The topological polar surface area (TPSA) is 29.5 Å². The number of anilines is 1. The number of amides is 1. The second-order valence-electron chi connectivity index (χ2n) is 4.21. The van der Waals surface area contributed by atoms with Crippen LogP contribution in [0, 0.1) is 6.61 Å². The lowest BCUT2D eigenvalue weighted by atomic mass is 10.1. The molecule has 0 atom stereocenters. The van der Waals surface area contributed by atoms with Crippen LogP contribution in [0.4, 0.5) is 5.69 Å². The molecule has 3 heteroatoms. The van der Waals surface area contributed by atoms with Crippen molar-refractivity contribution >= 4 is 11.6 Å². The van der Waals surface area contributed by atoms with Crippen molar-refractivity contribution in [2.45, 2.75) is 32.6 Å². The Labute approximate surface area is 102 Å². The average molecular weight is 232 g/mol. The molecule has 0 saturated heterocycles. The van der Waals surface area contributed by atoms with E-state index in [1.165, 1.54) is 0 Å². The van der Waals surface area contributed by atoms with Gasteiger partial charge < -0.3 is 9.64 Å². The maximum atomic E-state index is 12.1. The van der Waals surface area contributed by atoms with Gasteiger partial charge in [-0.25, -0.2) is 0 Å². The Morgan fingerprint density at radius 3 is 3.00 bits per heavy atom. The third-order valence-corrected chi connectivity index (χ3v) is 2.92. The summed E-state index contributed by atoms with van der Waals surface area (Å²) >= 11 is 0. The van der Waals surface area contributed by atoms with E-state index in [9.17, 15) is 4.79 Å². The molecule has 1 aliphatic rings. The predicted octanol–water partition coefficient (Wildman–Crippen LogP) is 3.15. The van der Waals surface area contributed by atoms with E-state index in [-0.39, 0.29) is 5.91 Å². The number of fused-ring (bicyclic) bond motifs is 1. The first-order valence-electron chi connectivity index (χ1n) is 6.20. The Morgan fingerprint density at radius 1 is 1.35 bits per heavy atom. The highest BCUT2D eigenvalue weighted by Crippen LogP contribution is 2.32. The summed E-state index contributed by atoms with van der Waals surface area (Å²) in [5.41, 5.74) is 0.886. The van der Waals surface area contributed by atoms with Crippen molar-refractivity contribution in [1.82, 2.24) is 0 Å². The second-order valence-corrected chi connectivity index (χ2v) is 4.21. The molecule has 1 aromatic rings. The molecule has 0 N–H and O–H groups in total. The number of carbonyl (C=O) groups is 1. The van der Waals surface area contributed by atoms with Crippen molar-refractivity contribution in [3.8, 4) is 5.75 Å². The van der Waals surface area contributed by atoms with Crippen LogP contribution in [0.2, 0.25) is 0 Å². The monoisotopic (exact) mass is 232 g/mol. The summed E-state index contributed by atoms with van der Waals surface area (Å²) in [4.78, 5) is 13.9. The summed E-state index contributed by atoms with van der Waals surface area (Å²) < 4.78 is 5.41. The first kappa shape index (κ1) is 12.0. The van der Waals surface area contributed by atoms with E-state index in [0.29, 0.717) is 13.0 Å². The number of nitrogens with zero attached hydrogens (tertiary/aromatic N) is 1. The zero-order valence-electron chi connectivity index (χ0n) is 10.2. The van der Waals surface area contributed by atoms with E-state index in [1.54, 1.807) is 11.5 Å². The van der Waals surface area contributed by atoms with Crippen LogP contribution in [0.3, 0.4) is 0 Å². The lowest BCUT2D eigenvalue weighted by Crippen LogP contribution is -2.35. The molecule has 0 spiro atoms. The minimum absolute atomic E-state index is 0.186. The quantitative estimate of drug-likeness (QED) is 0.746. The van der Waals surface area contributed by atoms with Crippen LogP contribution in [0.25, 0.3) is 0 Å². The molecule has 0 fully saturated rings. The van der Waals surface area contributed by atoms with Gasteiger partial charge in [-0.15, -0.1) is 0 Å². The van der Waals surface area contributed by atoms with Crippen LogP contribution in [0.1, 0.15) is 32.6 Å². The van der Waals surface area contributed by atoms with Crippen LogP contribution < -0.4 is 9.64 Å². The Kier molecular flexibility index (Phi) is 4.02. The number of para-hydroxylation sites is 2. The summed E-state index contributed by atoms with van der Waals surface area (Å²) in [7, 11) is 0. The first-order valence-corrected chi connectivity index (χ1v) is 6.20. The van der Waals surface area contributed by atoms with Crippen molar-refractivity contribution in [1.29, 1.82) is 0 Å². The van der Waals surface area contributed by atoms with Crippen LogP contribution in [-0.2, 0) is 4.79 Å². The van der Waals surface area contributed by atoms with Crippen molar-refractivity contribution in [3.05, 3.63) is 30.9 Å². The Hall–Kier alpha value is -1.51. The number of ether oxygens (including phenoxy) is 1. The van der Waals surface area contributed by atoms with Gasteiger partial charge in [0.2, 0.25) is 5.91 Å². The molecule has 0 bridgehead atoms. The third-order valence-electron chi connectivity index (χ3n) is 2.92. The second kappa shape index (κ2) is 5.71. The van der Waals surface area contributed by atoms with Gasteiger partial charge in [0, 0.05) is 6.42 Å². The normalized spacial score (nSPS) is 14.1. The fourth-order valence-electron chi connectivity index (χ4n) is 1.98. The van der Waals surface area contributed by atoms with Crippen molar-refractivity contribution < 1.29 is 9.53 Å². The van der Waals surface area contributed by atoms with Gasteiger partial charge in [0.25, 0.3) is 0 Å². The highest BCUT2D eigenvalue weighted by molar-refractivity contribution is 5.95. The lowest BCUT2D eigenvalue weighted by molar-refractivity contribution is -0.118. The molecule has 0 aromatic heterocycles. The van der Waals surface area contributed by atoms with Gasteiger partial charge >= 0.3 is 0 Å². The number of unbranched alkanes of at least 4 members (excludes halogenated alkanes) is 2. The maximum Gasteiger partial charge on any atom is 0.227 e. The lowest BCUT2D eigenvalue weighted by Gasteiger charge is -2.29. The number of hydrogen-bond donors (Lipinski definition) is 0. The van der Waals surface area contributed by atoms with Gasteiger partial charge in [-0.2, -0.15) is 0 Å². The fourth-order valence-corrected chi connectivity index (χ4v) is 1.98. The van der Waals surface area contributed by atoms with E-state index in [4.69, 9.17) is 4.74 Å². The molecule has 2 rings (SSSR count). The minimum Gasteiger partial charge on any atom is -0.482 e. The third kappa shape index (κ3) is 2.78. The zero-order valence-corrected chi connectivity index (χ0v) is 10.2. The van der Waals surface area contributed by atoms with Crippen molar-refractivity contribution in [2.75, 3.05) is 11.4 Å². The van der Waals surface area contributed by atoms with Gasteiger partial charge in [-0.05, 0) is 18.6 Å². The van der Waals surface area contributed by atoms with Gasteiger partial charge in [0.1, 0.15) is 5.75 Å². The first-order chi connectivity index (χ1) is 8.33. The number of carbonyl (C=O) groups excluding carboxylic acids is 1. The molecular formula is C14H18NO2. The molecule has 1 amide bonds. The molecular weight excluding hydrogens is 214 g/mol. The van der Waals surface area contributed by atoms with Gasteiger partial charge in [0.15, 0.2) is 6.61 Å². The molecule has 3 nitrogen and oxygen atoms in total. The van der Waals surface area contributed by atoms with E-state index in [1.807, 2.05) is 24.3 Å². The van der Waals surface area contributed by atoms with Gasteiger partial charge in [-0.1, -0.05) is 31.9 Å². The molecule has 91 valence electrons. The zero-order chi connectivity index (χ0) is 12.1. The van der Waals surface area contributed by atoms with Crippen LogP contribution in [0.5, 0.6) is 5.75 Å². The maximum absolute atomic E-state index is 12.1. The number of benzene rings is 1. The van der Waals surface area contributed by atoms with Crippen LogP contribution in [0.15, 0.2) is 24.3 Å². The smallest absolute Gasteiger partial charge is 0.227 e. The van der Waals surface area contributed by atoms with Gasteiger partial charge in [0.05, 0.1) is 12.2 Å². The molecule has 1 heterocycles. The SMILES string of the molecule is CCCCCC(=O)N1C[CH]Oc2ccccc21. The molecule has 17 heavy (non-hydrogen) atoms. The Bertz CT molecular complexity index is 390. The fraction of sp³-hybridized carbons (Fsp3) is 0.429. The number of rotatable bonds is 4. The van der Waals surface area contributed by atoms with E-state index in [2.05, 4.69) is 6.92 Å². The molecule has 1 radical (unpaired) electrons. The van der Waals surface area contributed by atoms with Crippen LogP contribution in [-0.4, -0.2) is 12.5 Å². The Balaban J connectivity index is 2.05. The van der Waals surface area contributed by atoms with E-state index in [0.717, 1.165) is 30.7 Å². The molecule has 0 aliphatic carbocycles. The standard InChI is InChI=1S/C14H18NO2/c1-2-3-4-9-14(16)15-10-11-17-13-8-6-5-7-12(13)15/h5-8,11H,2-4,9-10H2,1H3. The molecule has 0 unspecified atom stereocenters. The largest absolute Gasteiger partial charge is 0.482 e. The van der Waals surface area contributed by atoms with Crippen LogP contribution >= 0.6 is 0 Å². The average Bonchev–Trinajstić information content (AvgIpc) is 2.38. The summed E-state index contributed by atoms with van der Waals surface area (Å²) in [6.45, 7) is 4.37.